The molecule has 2 rings (SSSR count). The van der Waals surface area contributed by atoms with E-state index in [1.165, 1.54) is 0 Å². The third-order valence-electron chi connectivity index (χ3n) is 3.70. The lowest BCUT2D eigenvalue weighted by molar-refractivity contribution is 0.189. The van der Waals surface area contributed by atoms with E-state index < -0.39 is 0 Å². The Labute approximate surface area is 137 Å². The minimum absolute atomic E-state index is 0.0949. The van der Waals surface area contributed by atoms with Gasteiger partial charge in [0, 0.05) is 18.9 Å². The highest BCUT2D eigenvalue weighted by Gasteiger charge is 2.22. The Morgan fingerprint density at radius 3 is 2.35 bits per heavy atom. The molecule has 2 amide bonds. The molecule has 122 valence electrons. The van der Waals surface area contributed by atoms with Crippen LogP contribution in [0.3, 0.4) is 0 Å². The number of rotatable bonds is 6. The van der Waals surface area contributed by atoms with E-state index >= 15 is 0 Å². The molecule has 1 atom stereocenters. The van der Waals surface area contributed by atoms with Crippen molar-refractivity contribution in [2.75, 3.05) is 6.54 Å². The lowest BCUT2D eigenvalue weighted by Crippen LogP contribution is -2.42. The Hall–Kier alpha value is -2.43. The lowest BCUT2D eigenvalue weighted by atomic mass is 10.0. The minimum Gasteiger partial charge on any atom is -0.329 e. The van der Waals surface area contributed by atoms with Crippen LogP contribution in [0.15, 0.2) is 48.8 Å². The molecule has 1 N–H and O–H groups in total. The number of amides is 2. The molecule has 2 aromatic heterocycles. The summed E-state index contributed by atoms with van der Waals surface area (Å²) in [5, 5.41) is 3.10. The summed E-state index contributed by atoms with van der Waals surface area (Å²) in [5.74, 6) is 0.252. The van der Waals surface area contributed by atoms with Gasteiger partial charge in [0.25, 0.3) is 0 Å². The largest absolute Gasteiger partial charge is 0.329 e. The number of nitrogens with zero attached hydrogens (tertiary/aromatic N) is 3. The number of carbonyl (C=O) groups is 1. The molecule has 0 saturated carbocycles. The van der Waals surface area contributed by atoms with E-state index in [2.05, 4.69) is 29.1 Å². The van der Waals surface area contributed by atoms with Crippen LogP contribution in [0.4, 0.5) is 4.79 Å². The van der Waals surface area contributed by atoms with E-state index in [1.807, 2.05) is 43.3 Å². The maximum atomic E-state index is 12.6. The van der Waals surface area contributed by atoms with Gasteiger partial charge in [0.05, 0.1) is 24.0 Å². The van der Waals surface area contributed by atoms with Gasteiger partial charge in [0.15, 0.2) is 0 Å². The van der Waals surface area contributed by atoms with Crippen LogP contribution in [0.2, 0.25) is 0 Å². The summed E-state index contributed by atoms with van der Waals surface area (Å²) in [6.07, 6.45) is 3.49. The minimum atomic E-state index is -0.110. The van der Waals surface area contributed by atoms with Crippen LogP contribution in [0.25, 0.3) is 0 Å². The summed E-state index contributed by atoms with van der Waals surface area (Å²) in [6, 6.07) is 11.3. The maximum Gasteiger partial charge on any atom is 0.318 e. The predicted molar refractivity (Wildman–Crippen MR) is 90.7 cm³/mol. The number of hydrogen-bond acceptors (Lipinski definition) is 3. The van der Waals surface area contributed by atoms with Crippen molar-refractivity contribution in [1.82, 2.24) is 20.2 Å². The van der Waals surface area contributed by atoms with Crippen molar-refractivity contribution in [3.05, 3.63) is 60.2 Å². The lowest BCUT2D eigenvalue weighted by Gasteiger charge is -2.27. The fourth-order valence-corrected chi connectivity index (χ4v) is 2.38. The smallest absolute Gasteiger partial charge is 0.318 e. The molecule has 5 heteroatoms. The fourth-order valence-electron chi connectivity index (χ4n) is 2.38. The van der Waals surface area contributed by atoms with E-state index in [-0.39, 0.29) is 18.0 Å². The zero-order valence-electron chi connectivity index (χ0n) is 13.9. The molecular weight excluding hydrogens is 288 g/mol. The molecule has 0 aliphatic carbocycles. The number of carbonyl (C=O) groups excluding carboxylic acids is 1. The molecule has 0 spiro atoms. The molecule has 2 heterocycles. The predicted octanol–water partition coefficient (Wildman–Crippen LogP) is 3.41. The van der Waals surface area contributed by atoms with Crippen molar-refractivity contribution in [3.63, 3.8) is 0 Å². The summed E-state index contributed by atoms with van der Waals surface area (Å²) in [4.78, 5) is 23.0. The Morgan fingerprint density at radius 1 is 1.13 bits per heavy atom. The van der Waals surface area contributed by atoms with Crippen molar-refractivity contribution >= 4 is 6.03 Å². The van der Waals surface area contributed by atoms with Gasteiger partial charge in [0.1, 0.15) is 0 Å². The summed E-state index contributed by atoms with van der Waals surface area (Å²) in [7, 11) is 0. The van der Waals surface area contributed by atoms with Crippen LogP contribution in [0, 0.1) is 5.92 Å². The zero-order chi connectivity index (χ0) is 16.7. The van der Waals surface area contributed by atoms with Crippen molar-refractivity contribution in [1.29, 1.82) is 0 Å². The average molecular weight is 312 g/mol. The number of aromatic nitrogens is 2. The van der Waals surface area contributed by atoms with Crippen LogP contribution >= 0.6 is 0 Å². The second-order valence-electron chi connectivity index (χ2n) is 5.76. The Bertz CT molecular complexity index is 601. The number of nitrogens with one attached hydrogen (secondary N) is 1. The van der Waals surface area contributed by atoms with E-state index in [0.717, 1.165) is 11.4 Å². The van der Waals surface area contributed by atoms with Gasteiger partial charge >= 0.3 is 6.03 Å². The van der Waals surface area contributed by atoms with Gasteiger partial charge in [-0.3, -0.25) is 9.97 Å². The number of urea groups is 1. The van der Waals surface area contributed by atoms with Crippen LogP contribution in [-0.2, 0) is 6.54 Å². The monoisotopic (exact) mass is 312 g/mol. The third-order valence-corrected chi connectivity index (χ3v) is 3.70. The van der Waals surface area contributed by atoms with Gasteiger partial charge in [-0.05, 0) is 37.1 Å². The van der Waals surface area contributed by atoms with Crippen molar-refractivity contribution in [3.8, 4) is 0 Å². The van der Waals surface area contributed by atoms with Gasteiger partial charge in [-0.25, -0.2) is 4.79 Å². The van der Waals surface area contributed by atoms with E-state index in [9.17, 15) is 4.79 Å². The molecule has 5 nitrogen and oxygen atoms in total. The van der Waals surface area contributed by atoms with Crippen molar-refractivity contribution < 1.29 is 4.79 Å². The van der Waals surface area contributed by atoms with Crippen molar-refractivity contribution in [2.45, 2.75) is 33.4 Å². The molecule has 0 aliphatic rings. The first-order chi connectivity index (χ1) is 11.1. The Morgan fingerprint density at radius 2 is 1.83 bits per heavy atom. The molecule has 1 unspecified atom stereocenters. The first-order valence-electron chi connectivity index (χ1n) is 7.98. The quantitative estimate of drug-likeness (QED) is 0.889. The molecule has 23 heavy (non-hydrogen) atoms. The summed E-state index contributed by atoms with van der Waals surface area (Å²) in [6.45, 7) is 7.24. The molecule has 0 bridgehead atoms. The number of pyridine rings is 2. The molecule has 0 radical (unpaired) electrons. The topological polar surface area (TPSA) is 58.1 Å². The van der Waals surface area contributed by atoms with Crippen molar-refractivity contribution in [2.24, 2.45) is 5.92 Å². The van der Waals surface area contributed by atoms with Gasteiger partial charge < -0.3 is 10.2 Å². The Kier molecular flexibility index (Phi) is 6.09. The Balaban J connectivity index is 2.07. The van der Waals surface area contributed by atoms with Crippen LogP contribution in [0.1, 0.15) is 38.2 Å². The van der Waals surface area contributed by atoms with Crippen LogP contribution < -0.4 is 5.32 Å². The zero-order valence-corrected chi connectivity index (χ0v) is 13.9. The molecule has 2 aromatic rings. The molecule has 0 fully saturated rings. The highest BCUT2D eigenvalue weighted by atomic mass is 16.2. The third kappa shape index (κ3) is 4.77. The number of hydrogen-bond donors (Lipinski definition) is 1. The molecule has 0 saturated heterocycles. The summed E-state index contributed by atoms with van der Waals surface area (Å²) in [5.41, 5.74) is 1.76. The van der Waals surface area contributed by atoms with Crippen LogP contribution in [-0.4, -0.2) is 27.4 Å². The SMILES string of the molecule is CCN(Cc1ccccn1)C(=O)NC(c1ccccn1)C(C)C. The normalized spacial score (nSPS) is 12.0. The van der Waals surface area contributed by atoms with E-state index in [0.29, 0.717) is 13.1 Å². The molecule has 0 aromatic carbocycles. The highest BCUT2D eigenvalue weighted by molar-refractivity contribution is 5.74. The van der Waals surface area contributed by atoms with Gasteiger partial charge in [0.2, 0.25) is 0 Å². The average Bonchev–Trinajstić information content (AvgIpc) is 2.58. The highest BCUT2D eigenvalue weighted by Crippen LogP contribution is 2.19. The van der Waals surface area contributed by atoms with E-state index in [1.54, 1.807) is 17.3 Å². The summed E-state index contributed by atoms with van der Waals surface area (Å²) < 4.78 is 0. The van der Waals surface area contributed by atoms with Gasteiger partial charge in [-0.15, -0.1) is 0 Å². The fraction of sp³-hybridized carbons (Fsp3) is 0.389. The van der Waals surface area contributed by atoms with Crippen LogP contribution in [0.5, 0.6) is 0 Å². The van der Waals surface area contributed by atoms with Gasteiger partial charge in [-0.1, -0.05) is 26.0 Å². The van der Waals surface area contributed by atoms with E-state index in [4.69, 9.17) is 0 Å². The van der Waals surface area contributed by atoms with Gasteiger partial charge in [-0.2, -0.15) is 0 Å². The maximum absolute atomic E-state index is 12.6. The molecular formula is C18H24N4O. The first kappa shape index (κ1) is 16.9. The first-order valence-corrected chi connectivity index (χ1v) is 7.98. The standard InChI is InChI=1S/C18H24N4O/c1-4-22(13-15-9-5-7-11-19-15)18(23)21-17(14(2)3)16-10-6-8-12-20-16/h5-12,14,17H,4,13H2,1-3H3,(H,21,23). The second-order valence-corrected chi connectivity index (χ2v) is 5.76. The second kappa shape index (κ2) is 8.27. The molecule has 0 aliphatic heterocycles. The summed E-state index contributed by atoms with van der Waals surface area (Å²) >= 11 is 0.